The molecule has 2 heterocycles. The first-order valence-corrected chi connectivity index (χ1v) is 7.02. The molecule has 0 saturated carbocycles. The Bertz CT molecular complexity index is 565. The Kier molecular flexibility index (Phi) is 3.76. The summed E-state index contributed by atoms with van der Waals surface area (Å²) in [5.74, 6) is 0.334. The van der Waals surface area contributed by atoms with Gasteiger partial charge in [0.15, 0.2) is 0 Å². The minimum atomic E-state index is -1.26. The molecule has 18 heavy (non-hydrogen) atoms. The predicted octanol–water partition coefficient (Wildman–Crippen LogP) is 1.75. The fourth-order valence-electron chi connectivity index (χ4n) is 1.54. The smallest absolute Gasteiger partial charge is 0.150 e. The molecule has 2 N–H and O–H groups in total. The SMILES string of the molecule is CC(C)n1ccc(CS(=O)c2ncccc2N)n1. The zero-order valence-electron chi connectivity index (χ0n) is 10.4. The van der Waals surface area contributed by atoms with Gasteiger partial charge in [-0.15, -0.1) is 0 Å². The summed E-state index contributed by atoms with van der Waals surface area (Å²) in [5, 5.41) is 4.79. The largest absolute Gasteiger partial charge is 0.396 e. The van der Waals surface area contributed by atoms with Crippen molar-refractivity contribution in [1.29, 1.82) is 0 Å². The molecule has 0 aliphatic rings. The van der Waals surface area contributed by atoms with Gasteiger partial charge in [-0.2, -0.15) is 5.10 Å². The number of nitrogen functional groups attached to an aromatic ring is 1. The number of nitrogens with zero attached hydrogens (tertiary/aromatic N) is 3. The van der Waals surface area contributed by atoms with Crippen LogP contribution in [-0.4, -0.2) is 19.0 Å². The normalized spacial score (nSPS) is 12.8. The van der Waals surface area contributed by atoms with E-state index >= 15 is 0 Å². The zero-order chi connectivity index (χ0) is 13.1. The number of anilines is 1. The quantitative estimate of drug-likeness (QED) is 0.913. The molecule has 0 radical (unpaired) electrons. The highest BCUT2D eigenvalue weighted by atomic mass is 32.2. The van der Waals surface area contributed by atoms with E-state index in [2.05, 4.69) is 10.1 Å². The zero-order valence-corrected chi connectivity index (χ0v) is 11.2. The molecule has 2 rings (SSSR count). The van der Waals surface area contributed by atoms with Gasteiger partial charge in [0.25, 0.3) is 0 Å². The molecule has 96 valence electrons. The van der Waals surface area contributed by atoms with Crippen molar-refractivity contribution < 1.29 is 4.21 Å². The van der Waals surface area contributed by atoms with Gasteiger partial charge in [0.05, 0.1) is 27.9 Å². The van der Waals surface area contributed by atoms with Crippen molar-refractivity contribution in [3.8, 4) is 0 Å². The summed E-state index contributed by atoms with van der Waals surface area (Å²) in [7, 11) is -1.26. The summed E-state index contributed by atoms with van der Waals surface area (Å²) in [6, 6.07) is 5.60. The molecule has 6 heteroatoms. The molecule has 5 nitrogen and oxygen atoms in total. The fraction of sp³-hybridized carbons (Fsp3) is 0.333. The molecule has 0 bridgehead atoms. The molecule has 0 aromatic carbocycles. The topological polar surface area (TPSA) is 73.8 Å². The van der Waals surface area contributed by atoms with Gasteiger partial charge in [-0.05, 0) is 32.0 Å². The van der Waals surface area contributed by atoms with Gasteiger partial charge in [0, 0.05) is 18.4 Å². The van der Waals surface area contributed by atoms with E-state index in [0.717, 1.165) is 5.69 Å². The van der Waals surface area contributed by atoms with Crippen LogP contribution in [0.3, 0.4) is 0 Å². The first-order valence-electron chi connectivity index (χ1n) is 5.71. The molecule has 2 aromatic rings. The van der Waals surface area contributed by atoms with Crippen LogP contribution >= 0.6 is 0 Å². The number of rotatable bonds is 4. The number of aromatic nitrogens is 3. The summed E-state index contributed by atoms with van der Waals surface area (Å²) in [6.45, 7) is 4.09. The van der Waals surface area contributed by atoms with Crippen molar-refractivity contribution in [2.75, 3.05) is 5.73 Å². The second-order valence-electron chi connectivity index (χ2n) is 4.27. The molecular formula is C12H16N4OS. The second-order valence-corrected chi connectivity index (χ2v) is 5.63. The van der Waals surface area contributed by atoms with Crippen LogP contribution < -0.4 is 5.73 Å². The average Bonchev–Trinajstić information content (AvgIpc) is 2.78. The minimum Gasteiger partial charge on any atom is -0.396 e. The number of nitrogens with two attached hydrogens (primary N) is 1. The van der Waals surface area contributed by atoms with Crippen LogP contribution in [0.25, 0.3) is 0 Å². The summed E-state index contributed by atoms with van der Waals surface area (Å²) >= 11 is 0. The fourth-order valence-corrected chi connectivity index (χ4v) is 2.61. The number of pyridine rings is 1. The van der Waals surface area contributed by atoms with Crippen LogP contribution in [0.4, 0.5) is 5.69 Å². The van der Waals surface area contributed by atoms with Crippen LogP contribution in [-0.2, 0) is 16.6 Å². The second kappa shape index (κ2) is 5.30. The molecule has 1 unspecified atom stereocenters. The van der Waals surface area contributed by atoms with Crippen LogP contribution in [0, 0.1) is 0 Å². The summed E-state index contributed by atoms with van der Waals surface area (Å²) < 4.78 is 14.0. The van der Waals surface area contributed by atoms with E-state index in [-0.39, 0.29) is 0 Å². The van der Waals surface area contributed by atoms with Crippen molar-refractivity contribution in [1.82, 2.24) is 14.8 Å². The third-order valence-corrected chi connectivity index (χ3v) is 3.82. The molecule has 2 aromatic heterocycles. The maximum absolute atomic E-state index is 12.1. The van der Waals surface area contributed by atoms with E-state index in [0.29, 0.717) is 22.5 Å². The van der Waals surface area contributed by atoms with Gasteiger partial charge in [-0.25, -0.2) is 4.98 Å². The van der Waals surface area contributed by atoms with Crippen molar-refractivity contribution in [2.45, 2.75) is 30.7 Å². The molecule has 0 saturated heterocycles. The van der Waals surface area contributed by atoms with E-state index in [4.69, 9.17) is 5.73 Å². The molecule has 0 aliphatic carbocycles. The van der Waals surface area contributed by atoms with Gasteiger partial charge in [-0.1, -0.05) is 0 Å². The molecular weight excluding hydrogens is 248 g/mol. The van der Waals surface area contributed by atoms with E-state index in [1.54, 1.807) is 18.3 Å². The lowest BCUT2D eigenvalue weighted by Gasteiger charge is -2.04. The highest BCUT2D eigenvalue weighted by Gasteiger charge is 2.12. The van der Waals surface area contributed by atoms with E-state index in [1.807, 2.05) is 30.8 Å². The van der Waals surface area contributed by atoms with Gasteiger partial charge in [0.2, 0.25) is 0 Å². The maximum Gasteiger partial charge on any atom is 0.150 e. The van der Waals surface area contributed by atoms with Crippen molar-refractivity contribution in [3.05, 3.63) is 36.3 Å². The monoisotopic (exact) mass is 264 g/mol. The maximum atomic E-state index is 12.1. The van der Waals surface area contributed by atoms with Crippen LogP contribution in [0.1, 0.15) is 25.6 Å². The average molecular weight is 264 g/mol. The van der Waals surface area contributed by atoms with Crippen molar-refractivity contribution >= 4 is 16.5 Å². The third kappa shape index (κ3) is 2.76. The number of hydrogen-bond donors (Lipinski definition) is 1. The summed E-state index contributed by atoms with van der Waals surface area (Å²) in [6.07, 6.45) is 3.48. The predicted molar refractivity (Wildman–Crippen MR) is 71.4 cm³/mol. The highest BCUT2D eigenvalue weighted by Crippen LogP contribution is 2.15. The Hall–Kier alpha value is -1.69. The number of hydrogen-bond acceptors (Lipinski definition) is 4. The highest BCUT2D eigenvalue weighted by molar-refractivity contribution is 7.84. The minimum absolute atomic E-state index is 0.298. The summed E-state index contributed by atoms with van der Waals surface area (Å²) in [4.78, 5) is 4.06. The van der Waals surface area contributed by atoms with Crippen LogP contribution in [0.5, 0.6) is 0 Å². The Labute approximate surface area is 108 Å². The van der Waals surface area contributed by atoms with Crippen molar-refractivity contribution in [2.24, 2.45) is 0 Å². The lowest BCUT2D eigenvalue weighted by Crippen LogP contribution is -2.05. The molecule has 0 fully saturated rings. The standard InChI is InChI=1S/C12H16N4OS/c1-9(2)16-7-5-10(15-16)8-18(17)12-11(13)4-3-6-14-12/h3-7,9H,8,13H2,1-2H3. The van der Waals surface area contributed by atoms with Crippen molar-refractivity contribution in [3.63, 3.8) is 0 Å². The van der Waals surface area contributed by atoms with E-state index in [1.165, 1.54) is 0 Å². The van der Waals surface area contributed by atoms with Gasteiger partial charge < -0.3 is 5.73 Å². The molecule has 0 amide bonds. The first-order chi connectivity index (χ1) is 8.58. The summed E-state index contributed by atoms with van der Waals surface area (Å²) in [5.41, 5.74) is 6.99. The first kappa shape index (κ1) is 12.8. The Morgan fingerprint density at radius 2 is 2.22 bits per heavy atom. The lowest BCUT2D eigenvalue weighted by molar-refractivity contribution is 0.528. The lowest BCUT2D eigenvalue weighted by atomic mass is 10.4. The molecule has 0 aliphatic heterocycles. The van der Waals surface area contributed by atoms with E-state index < -0.39 is 10.8 Å². The molecule has 1 atom stereocenters. The van der Waals surface area contributed by atoms with Gasteiger partial charge in [0.1, 0.15) is 5.03 Å². The third-order valence-electron chi connectivity index (χ3n) is 2.49. The van der Waals surface area contributed by atoms with Gasteiger partial charge >= 0.3 is 0 Å². The Morgan fingerprint density at radius 1 is 1.44 bits per heavy atom. The Balaban J connectivity index is 2.14. The van der Waals surface area contributed by atoms with Crippen LogP contribution in [0.15, 0.2) is 35.6 Å². The molecule has 0 spiro atoms. The van der Waals surface area contributed by atoms with Crippen LogP contribution in [0.2, 0.25) is 0 Å². The van der Waals surface area contributed by atoms with Gasteiger partial charge in [-0.3, -0.25) is 8.89 Å². The van der Waals surface area contributed by atoms with E-state index in [9.17, 15) is 4.21 Å². The Morgan fingerprint density at radius 3 is 2.83 bits per heavy atom.